The van der Waals surface area contributed by atoms with Gasteiger partial charge in [-0.3, -0.25) is 4.79 Å². The number of hydrogen-bond acceptors (Lipinski definition) is 3. The molecule has 3 rings (SSSR count). The first kappa shape index (κ1) is 17.9. The van der Waals surface area contributed by atoms with E-state index in [2.05, 4.69) is 36.2 Å². The average Bonchev–Trinajstić information content (AvgIpc) is 2.99. The lowest BCUT2D eigenvalue weighted by Crippen LogP contribution is -2.23. The topological polar surface area (TPSA) is 43.8 Å². The van der Waals surface area contributed by atoms with Gasteiger partial charge in [-0.15, -0.1) is 0 Å². The van der Waals surface area contributed by atoms with E-state index in [0.717, 1.165) is 23.0 Å². The van der Waals surface area contributed by atoms with Gasteiger partial charge in [0.05, 0.1) is 13.1 Å². The van der Waals surface area contributed by atoms with Crippen molar-refractivity contribution in [2.75, 3.05) is 20.3 Å². The summed E-state index contributed by atoms with van der Waals surface area (Å²) in [6, 6.07) is 13.5. The maximum atomic E-state index is 10.6. The van der Waals surface area contributed by atoms with E-state index in [1.54, 1.807) is 0 Å². The zero-order valence-corrected chi connectivity index (χ0v) is 14.5. The molecule has 0 spiro atoms. The van der Waals surface area contributed by atoms with Crippen LogP contribution in [0.3, 0.4) is 0 Å². The van der Waals surface area contributed by atoms with Crippen molar-refractivity contribution in [1.82, 2.24) is 9.80 Å². The summed E-state index contributed by atoms with van der Waals surface area (Å²) in [5, 5.41) is 10.8. The summed E-state index contributed by atoms with van der Waals surface area (Å²) in [6.45, 7) is 4.50. The number of benzene rings is 2. The Labute approximate surface area is 144 Å². The molecule has 0 amide bonds. The summed E-state index contributed by atoms with van der Waals surface area (Å²) in [4.78, 5) is 15.1. The molecule has 2 aromatic carbocycles. The lowest BCUT2D eigenvalue weighted by Gasteiger charge is -2.17. The first-order chi connectivity index (χ1) is 11.6. The number of aliphatic carboxylic acids is 1. The Morgan fingerprint density at radius 2 is 1.88 bits per heavy atom. The van der Waals surface area contributed by atoms with Crippen LogP contribution in [0.2, 0.25) is 0 Å². The van der Waals surface area contributed by atoms with Crippen LogP contribution in [0.15, 0.2) is 54.9 Å². The number of fused-ring (bicyclic) bond motifs is 1. The molecule has 0 aliphatic carbocycles. The monoisotopic (exact) mass is 326 g/mol. The molecule has 1 heterocycles. The van der Waals surface area contributed by atoms with Crippen molar-refractivity contribution in [2.24, 2.45) is 0 Å². The van der Waals surface area contributed by atoms with Gasteiger partial charge in [0.2, 0.25) is 0 Å². The molecule has 0 unspecified atom stereocenters. The number of carboxylic acid groups (broad SMARTS) is 1. The molecule has 0 atom stereocenters. The number of unbranched alkanes of at least 4 members (excludes halogenated alkanes) is 1. The highest BCUT2D eigenvalue weighted by atomic mass is 16.4. The predicted octanol–water partition coefficient (Wildman–Crippen LogP) is 3.93. The van der Waals surface area contributed by atoms with E-state index < -0.39 is 5.97 Å². The first-order valence-electron chi connectivity index (χ1n) is 8.41. The van der Waals surface area contributed by atoms with Crippen molar-refractivity contribution in [1.29, 1.82) is 0 Å². The smallest absolute Gasteiger partial charge is 0.307 e. The van der Waals surface area contributed by atoms with E-state index in [1.165, 1.54) is 19.4 Å². The summed E-state index contributed by atoms with van der Waals surface area (Å²) >= 11 is 0. The van der Waals surface area contributed by atoms with Gasteiger partial charge in [0.1, 0.15) is 0 Å². The van der Waals surface area contributed by atoms with E-state index >= 15 is 0 Å². The normalized spacial score (nSPS) is 13.1. The largest absolute Gasteiger partial charge is 0.481 e. The third kappa shape index (κ3) is 5.30. The molecule has 0 aromatic heterocycles. The lowest BCUT2D eigenvalue weighted by molar-refractivity contribution is -0.136. The molecular weight excluding hydrogens is 300 g/mol. The van der Waals surface area contributed by atoms with Gasteiger partial charge in [-0.05, 0) is 22.8 Å². The van der Waals surface area contributed by atoms with Crippen molar-refractivity contribution < 1.29 is 9.90 Å². The van der Waals surface area contributed by atoms with Gasteiger partial charge in [0.25, 0.3) is 0 Å². The molecule has 128 valence electrons. The minimum absolute atomic E-state index is 0.0847. The summed E-state index contributed by atoms with van der Waals surface area (Å²) in [6.07, 6.45) is 6.96. The minimum Gasteiger partial charge on any atom is -0.481 e. The molecule has 1 aliphatic heterocycles. The van der Waals surface area contributed by atoms with Gasteiger partial charge < -0.3 is 14.9 Å². The molecule has 0 saturated carbocycles. The molecule has 0 bridgehead atoms. The summed E-state index contributed by atoms with van der Waals surface area (Å²) in [5.74, 6) is -0.790. The quantitative estimate of drug-likeness (QED) is 0.904. The van der Waals surface area contributed by atoms with Crippen LogP contribution >= 0.6 is 0 Å². The molecule has 1 aliphatic rings. The highest BCUT2D eigenvalue weighted by molar-refractivity contribution is 5.88. The van der Waals surface area contributed by atoms with Gasteiger partial charge in [-0.2, -0.15) is 0 Å². The Kier molecular flexibility index (Phi) is 6.67. The highest BCUT2D eigenvalue weighted by Gasteiger charge is 2.06. The summed E-state index contributed by atoms with van der Waals surface area (Å²) in [7, 11) is 2.10. The third-order valence-corrected chi connectivity index (χ3v) is 3.96. The van der Waals surface area contributed by atoms with Crippen molar-refractivity contribution in [3.8, 4) is 0 Å². The molecule has 0 fully saturated rings. The van der Waals surface area contributed by atoms with Gasteiger partial charge in [0.15, 0.2) is 0 Å². The second-order valence-electron chi connectivity index (χ2n) is 6.07. The summed E-state index contributed by atoms with van der Waals surface area (Å²) in [5.41, 5.74) is 0.871. The Bertz CT molecular complexity index is 692. The second-order valence-corrected chi connectivity index (χ2v) is 6.07. The first-order valence-corrected chi connectivity index (χ1v) is 8.41. The number of hydrogen-bond donors (Lipinski definition) is 1. The standard InChI is InChI=1S/C12H10O2.C8H16N2/c13-12(14)8-10-6-3-5-9-4-1-2-7-11(9)10;1-3-4-5-10-7-6-9(2)8-10/h1-7H,8H2,(H,13,14);6-7H,3-5,8H2,1-2H3. The molecule has 1 N–H and O–H groups in total. The molecule has 2 aromatic rings. The molecular formula is C20H26N2O2. The van der Waals surface area contributed by atoms with Crippen molar-refractivity contribution >= 4 is 16.7 Å². The van der Waals surface area contributed by atoms with E-state index in [0.29, 0.717) is 0 Å². The van der Waals surface area contributed by atoms with Gasteiger partial charge in [-0.25, -0.2) is 0 Å². The summed E-state index contributed by atoms with van der Waals surface area (Å²) < 4.78 is 0. The van der Waals surface area contributed by atoms with Crippen LogP contribution in [0.4, 0.5) is 0 Å². The van der Waals surface area contributed by atoms with Crippen molar-refractivity contribution in [2.45, 2.75) is 26.2 Å². The Morgan fingerprint density at radius 3 is 2.54 bits per heavy atom. The Balaban J connectivity index is 0.000000185. The molecule has 24 heavy (non-hydrogen) atoms. The SMILES string of the molecule is CCCCN1C=CN(C)C1.O=C(O)Cc1cccc2ccccc12. The molecule has 4 heteroatoms. The second kappa shape index (κ2) is 8.96. The number of carbonyl (C=O) groups is 1. The lowest BCUT2D eigenvalue weighted by atomic mass is 10.0. The maximum Gasteiger partial charge on any atom is 0.307 e. The highest BCUT2D eigenvalue weighted by Crippen LogP contribution is 2.18. The number of carboxylic acids is 1. The minimum atomic E-state index is -0.790. The zero-order valence-electron chi connectivity index (χ0n) is 14.5. The van der Waals surface area contributed by atoms with E-state index in [1.807, 2.05) is 42.5 Å². The van der Waals surface area contributed by atoms with Crippen molar-refractivity contribution in [3.63, 3.8) is 0 Å². The molecule has 0 saturated heterocycles. The number of rotatable bonds is 5. The van der Waals surface area contributed by atoms with Crippen molar-refractivity contribution in [3.05, 3.63) is 60.4 Å². The Morgan fingerprint density at radius 1 is 1.12 bits per heavy atom. The van der Waals surface area contributed by atoms with Gasteiger partial charge in [0, 0.05) is 26.0 Å². The van der Waals surface area contributed by atoms with Gasteiger partial charge in [-0.1, -0.05) is 55.8 Å². The van der Waals surface area contributed by atoms with Gasteiger partial charge >= 0.3 is 5.97 Å². The third-order valence-electron chi connectivity index (χ3n) is 3.96. The van der Waals surface area contributed by atoms with Crippen LogP contribution in [0.5, 0.6) is 0 Å². The van der Waals surface area contributed by atoms with Crippen LogP contribution in [0, 0.1) is 0 Å². The molecule has 0 radical (unpaired) electrons. The zero-order chi connectivity index (χ0) is 17.4. The van der Waals surface area contributed by atoms with Crippen LogP contribution in [-0.4, -0.2) is 41.1 Å². The fourth-order valence-electron chi connectivity index (χ4n) is 2.70. The van der Waals surface area contributed by atoms with E-state index in [-0.39, 0.29) is 6.42 Å². The van der Waals surface area contributed by atoms with E-state index in [4.69, 9.17) is 5.11 Å². The van der Waals surface area contributed by atoms with Crippen LogP contribution in [-0.2, 0) is 11.2 Å². The van der Waals surface area contributed by atoms with Crippen LogP contribution < -0.4 is 0 Å². The fourth-order valence-corrected chi connectivity index (χ4v) is 2.70. The van der Waals surface area contributed by atoms with Crippen LogP contribution in [0.1, 0.15) is 25.3 Å². The predicted molar refractivity (Wildman–Crippen MR) is 98.7 cm³/mol. The molecule has 4 nitrogen and oxygen atoms in total. The van der Waals surface area contributed by atoms with E-state index in [9.17, 15) is 4.79 Å². The Hall–Kier alpha value is -2.49. The maximum absolute atomic E-state index is 10.6. The van der Waals surface area contributed by atoms with Crippen LogP contribution in [0.25, 0.3) is 10.8 Å². The number of nitrogens with zero attached hydrogens (tertiary/aromatic N) is 2. The fraction of sp³-hybridized carbons (Fsp3) is 0.350. The average molecular weight is 326 g/mol.